The van der Waals surface area contributed by atoms with Gasteiger partial charge in [-0.15, -0.1) is 0 Å². The van der Waals surface area contributed by atoms with E-state index >= 15 is 0 Å². The van der Waals surface area contributed by atoms with Crippen molar-refractivity contribution >= 4 is 17.6 Å². The average Bonchev–Trinajstić information content (AvgIpc) is 2.47. The quantitative estimate of drug-likeness (QED) is 0.649. The molecule has 0 spiro atoms. The van der Waals surface area contributed by atoms with Crippen molar-refractivity contribution in [3.8, 4) is 0 Å². The van der Waals surface area contributed by atoms with E-state index in [-0.39, 0.29) is 24.4 Å². The van der Waals surface area contributed by atoms with E-state index in [9.17, 15) is 9.59 Å². The first-order chi connectivity index (χ1) is 9.61. The van der Waals surface area contributed by atoms with Gasteiger partial charge < -0.3 is 20.1 Å². The van der Waals surface area contributed by atoms with Crippen molar-refractivity contribution in [1.82, 2.24) is 4.90 Å². The molecule has 2 rings (SSSR count). The van der Waals surface area contributed by atoms with Crippen LogP contribution >= 0.6 is 0 Å². The van der Waals surface area contributed by atoms with E-state index in [2.05, 4.69) is 4.74 Å². The molecule has 2 N–H and O–H groups in total. The first kappa shape index (κ1) is 14.3. The number of morpholine rings is 1. The molecule has 1 amide bonds. The molecule has 0 bridgehead atoms. The van der Waals surface area contributed by atoms with E-state index in [1.807, 2.05) is 0 Å². The van der Waals surface area contributed by atoms with Crippen LogP contribution in [0.5, 0.6) is 0 Å². The Kier molecular flexibility index (Phi) is 4.57. The highest BCUT2D eigenvalue weighted by Crippen LogP contribution is 2.17. The average molecular weight is 278 g/mol. The topological polar surface area (TPSA) is 81.9 Å². The largest absolute Gasteiger partial charge is 0.469 e. The third-order valence-corrected chi connectivity index (χ3v) is 3.24. The fraction of sp³-hybridized carbons (Fsp3) is 0.429. The van der Waals surface area contributed by atoms with Gasteiger partial charge in [0.05, 0.1) is 31.8 Å². The summed E-state index contributed by atoms with van der Waals surface area (Å²) in [4.78, 5) is 25.3. The summed E-state index contributed by atoms with van der Waals surface area (Å²) in [5.74, 6) is -0.482. The van der Waals surface area contributed by atoms with Gasteiger partial charge in [0, 0.05) is 18.8 Å². The number of hydrogen-bond acceptors (Lipinski definition) is 5. The van der Waals surface area contributed by atoms with Gasteiger partial charge in [0.25, 0.3) is 5.91 Å². The van der Waals surface area contributed by atoms with Crippen LogP contribution in [-0.4, -0.2) is 49.7 Å². The molecule has 1 heterocycles. The zero-order chi connectivity index (χ0) is 14.5. The zero-order valence-electron chi connectivity index (χ0n) is 11.4. The van der Waals surface area contributed by atoms with Gasteiger partial charge >= 0.3 is 5.97 Å². The van der Waals surface area contributed by atoms with Crippen LogP contribution in [0.15, 0.2) is 24.3 Å². The van der Waals surface area contributed by atoms with Crippen LogP contribution in [0.3, 0.4) is 0 Å². The van der Waals surface area contributed by atoms with Crippen molar-refractivity contribution < 1.29 is 19.1 Å². The molecule has 0 aliphatic carbocycles. The van der Waals surface area contributed by atoms with Gasteiger partial charge in [0.2, 0.25) is 0 Å². The fourth-order valence-electron chi connectivity index (χ4n) is 2.16. The Morgan fingerprint density at radius 1 is 1.45 bits per heavy atom. The maximum absolute atomic E-state index is 12.4. The fourth-order valence-corrected chi connectivity index (χ4v) is 2.16. The monoisotopic (exact) mass is 278 g/mol. The van der Waals surface area contributed by atoms with E-state index < -0.39 is 0 Å². The Morgan fingerprint density at radius 3 is 2.90 bits per heavy atom. The molecule has 108 valence electrons. The molecule has 1 fully saturated rings. The third-order valence-electron chi connectivity index (χ3n) is 3.24. The summed E-state index contributed by atoms with van der Waals surface area (Å²) >= 11 is 0. The van der Waals surface area contributed by atoms with Gasteiger partial charge in [0.15, 0.2) is 0 Å². The highest BCUT2D eigenvalue weighted by molar-refractivity contribution is 5.99. The second kappa shape index (κ2) is 6.38. The summed E-state index contributed by atoms with van der Waals surface area (Å²) in [5, 5.41) is 0. The van der Waals surface area contributed by atoms with Gasteiger partial charge in [-0.3, -0.25) is 9.59 Å². The number of rotatable bonds is 3. The Hall–Kier alpha value is -2.08. The van der Waals surface area contributed by atoms with E-state index in [4.69, 9.17) is 10.5 Å². The first-order valence-corrected chi connectivity index (χ1v) is 6.44. The zero-order valence-corrected chi connectivity index (χ0v) is 11.4. The number of carbonyl (C=O) groups is 2. The Bertz CT molecular complexity index is 504. The van der Waals surface area contributed by atoms with E-state index in [1.165, 1.54) is 7.11 Å². The number of hydrogen-bond donors (Lipinski definition) is 1. The lowest BCUT2D eigenvalue weighted by molar-refractivity contribution is -0.145. The number of benzene rings is 1. The number of carbonyl (C=O) groups excluding carboxylic acids is 2. The minimum atomic E-state index is -0.344. The smallest absolute Gasteiger partial charge is 0.308 e. The second-order valence-electron chi connectivity index (χ2n) is 4.61. The normalized spacial score (nSPS) is 18.6. The predicted molar refractivity (Wildman–Crippen MR) is 73.1 cm³/mol. The molecule has 0 saturated carbocycles. The molecular formula is C14H18N2O4. The number of methoxy groups -OCH3 is 1. The minimum Gasteiger partial charge on any atom is -0.469 e. The number of para-hydroxylation sites is 1. The van der Waals surface area contributed by atoms with E-state index in [0.717, 1.165) is 0 Å². The first-order valence-electron chi connectivity index (χ1n) is 6.44. The molecule has 1 aliphatic rings. The SMILES string of the molecule is COC(=O)CC1CN(C(=O)c2ccccc2N)CCO1. The molecule has 1 atom stereocenters. The summed E-state index contributed by atoms with van der Waals surface area (Å²) in [5.41, 5.74) is 6.74. The van der Waals surface area contributed by atoms with Crippen molar-refractivity contribution in [3.05, 3.63) is 29.8 Å². The van der Waals surface area contributed by atoms with Crippen molar-refractivity contribution in [2.24, 2.45) is 0 Å². The lowest BCUT2D eigenvalue weighted by Gasteiger charge is -2.32. The van der Waals surface area contributed by atoms with Crippen LogP contribution in [0.2, 0.25) is 0 Å². The maximum Gasteiger partial charge on any atom is 0.308 e. The molecule has 20 heavy (non-hydrogen) atoms. The molecule has 1 unspecified atom stereocenters. The minimum absolute atomic E-state index is 0.138. The van der Waals surface area contributed by atoms with E-state index in [0.29, 0.717) is 30.9 Å². The van der Waals surface area contributed by atoms with Crippen LogP contribution in [0, 0.1) is 0 Å². The van der Waals surface area contributed by atoms with Gasteiger partial charge in [-0.05, 0) is 12.1 Å². The third kappa shape index (κ3) is 3.27. The summed E-state index contributed by atoms with van der Waals surface area (Å²) in [6.45, 7) is 1.26. The molecule has 0 radical (unpaired) electrons. The number of ether oxygens (including phenoxy) is 2. The van der Waals surface area contributed by atoms with Gasteiger partial charge in [-0.25, -0.2) is 0 Å². The highest BCUT2D eigenvalue weighted by Gasteiger charge is 2.27. The molecule has 1 aromatic carbocycles. The lowest BCUT2D eigenvalue weighted by Crippen LogP contribution is -2.46. The van der Waals surface area contributed by atoms with Gasteiger partial charge in [0.1, 0.15) is 0 Å². The number of anilines is 1. The second-order valence-corrected chi connectivity index (χ2v) is 4.61. The van der Waals surface area contributed by atoms with Gasteiger partial charge in [-0.1, -0.05) is 12.1 Å². The summed E-state index contributed by atoms with van der Waals surface area (Å²) in [7, 11) is 1.33. The van der Waals surface area contributed by atoms with Crippen molar-refractivity contribution in [1.29, 1.82) is 0 Å². The summed E-state index contributed by atoms with van der Waals surface area (Å²) in [6, 6.07) is 6.95. The molecular weight excluding hydrogens is 260 g/mol. The molecule has 1 aromatic rings. The Morgan fingerprint density at radius 2 is 2.20 bits per heavy atom. The number of nitrogens with two attached hydrogens (primary N) is 1. The molecule has 0 aromatic heterocycles. The van der Waals surface area contributed by atoms with Crippen LogP contribution in [0.1, 0.15) is 16.8 Å². The van der Waals surface area contributed by atoms with Crippen LogP contribution in [0.4, 0.5) is 5.69 Å². The number of nitrogens with zero attached hydrogens (tertiary/aromatic N) is 1. The molecule has 6 nitrogen and oxygen atoms in total. The standard InChI is InChI=1S/C14H18N2O4/c1-19-13(17)8-10-9-16(6-7-20-10)14(18)11-4-2-3-5-12(11)15/h2-5,10H,6-9,15H2,1H3. The van der Waals surface area contributed by atoms with Crippen LogP contribution < -0.4 is 5.73 Å². The van der Waals surface area contributed by atoms with Crippen LogP contribution in [-0.2, 0) is 14.3 Å². The number of amides is 1. The Labute approximate surface area is 117 Å². The number of nitrogen functional groups attached to an aromatic ring is 1. The van der Waals surface area contributed by atoms with Crippen molar-refractivity contribution in [2.45, 2.75) is 12.5 Å². The van der Waals surface area contributed by atoms with Gasteiger partial charge in [-0.2, -0.15) is 0 Å². The lowest BCUT2D eigenvalue weighted by atomic mass is 10.1. The predicted octanol–water partition coefficient (Wildman–Crippen LogP) is 0.673. The highest BCUT2D eigenvalue weighted by atomic mass is 16.5. The molecule has 1 aliphatic heterocycles. The summed E-state index contributed by atoms with van der Waals surface area (Å²) in [6.07, 6.45) is -0.185. The van der Waals surface area contributed by atoms with Crippen molar-refractivity contribution in [3.63, 3.8) is 0 Å². The Balaban J connectivity index is 2.03. The van der Waals surface area contributed by atoms with Crippen molar-refractivity contribution in [2.75, 3.05) is 32.5 Å². The van der Waals surface area contributed by atoms with Crippen LogP contribution in [0.25, 0.3) is 0 Å². The molecule has 1 saturated heterocycles. The molecule has 6 heteroatoms. The van der Waals surface area contributed by atoms with E-state index in [1.54, 1.807) is 29.2 Å². The number of esters is 1. The maximum atomic E-state index is 12.4. The summed E-state index contributed by atoms with van der Waals surface area (Å²) < 4.78 is 10.1.